The molecule has 2 heteroatoms. The Bertz CT molecular complexity index is 183. The van der Waals surface area contributed by atoms with E-state index in [-0.39, 0.29) is 0 Å². The van der Waals surface area contributed by atoms with Crippen LogP contribution in [0.4, 0.5) is 0 Å². The van der Waals surface area contributed by atoms with E-state index in [0.29, 0.717) is 0 Å². The van der Waals surface area contributed by atoms with Crippen LogP contribution in [0.5, 0.6) is 0 Å². The van der Waals surface area contributed by atoms with Crippen LogP contribution in [0.25, 0.3) is 0 Å². The van der Waals surface area contributed by atoms with Crippen LogP contribution in [0.2, 0.25) is 0 Å². The molecule has 0 aromatic rings. The maximum Gasteiger partial charge on any atom is -0.00160 e. The van der Waals surface area contributed by atoms with Gasteiger partial charge in [0.15, 0.2) is 0 Å². The molecule has 2 nitrogen and oxygen atoms in total. The monoisotopic (exact) mass is 240 g/mol. The van der Waals surface area contributed by atoms with Gasteiger partial charge in [0, 0.05) is 0 Å². The molecule has 1 atom stereocenters. The quantitative estimate of drug-likeness (QED) is 0.741. The highest BCUT2D eigenvalue weighted by Gasteiger charge is 2.20. The number of nitrogens with zero attached hydrogens (tertiary/aromatic N) is 1. The van der Waals surface area contributed by atoms with Crippen LogP contribution in [0.1, 0.15) is 52.9 Å². The molecule has 0 aliphatic carbocycles. The molecule has 0 aromatic carbocycles. The first-order valence-corrected chi connectivity index (χ1v) is 7.56. The second-order valence-electron chi connectivity index (χ2n) is 6.25. The summed E-state index contributed by atoms with van der Waals surface area (Å²) >= 11 is 0. The Morgan fingerprint density at radius 1 is 1.12 bits per heavy atom. The predicted octanol–water partition coefficient (Wildman–Crippen LogP) is 3.12. The van der Waals surface area contributed by atoms with Gasteiger partial charge in [-0.25, -0.2) is 0 Å². The SMILES string of the molecule is CC(CCN)CCCN1CCC(C(C)C)CC1. The molecule has 17 heavy (non-hydrogen) atoms. The van der Waals surface area contributed by atoms with Crippen LogP contribution in [-0.4, -0.2) is 31.1 Å². The van der Waals surface area contributed by atoms with Gasteiger partial charge in [-0.3, -0.25) is 0 Å². The van der Waals surface area contributed by atoms with E-state index in [0.717, 1.165) is 24.3 Å². The van der Waals surface area contributed by atoms with Gasteiger partial charge < -0.3 is 10.6 Å². The number of hydrogen-bond acceptors (Lipinski definition) is 2. The summed E-state index contributed by atoms with van der Waals surface area (Å²) < 4.78 is 0. The van der Waals surface area contributed by atoms with Crippen molar-refractivity contribution < 1.29 is 0 Å². The topological polar surface area (TPSA) is 29.3 Å². The van der Waals surface area contributed by atoms with Gasteiger partial charge in [-0.05, 0) is 76.0 Å². The van der Waals surface area contributed by atoms with Crippen molar-refractivity contribution in [2.75, 3.05) is 26.2 Å². The van der Waals surface area contributed by atoms with Crippen molar-refractivity contribution in [3.8, 4) is 0 Å². The number of likely N-dealkylation sites (tertiary alicyclic amines) is 1. The van der Waals surface area contributed by atoms with Gasteiger partial charge in [0.1, 0.15) is 0 Å². The van der Waals surface area contributed by atoms with Gasteiger partial charge in [-0.2, -0.15) is 0 Å². The van der Waals surface area contributed by atoms with Crippen LogP contribution in [0.3, 0.4) is 0 Å². The summed E-state index contributed by atoms with van der Waals surface area (Å²) in [6.45, 7) is 11.9. The predicted molar refractivity (Wildman–Crippen MR) is 76.1 cm³/mol. The van der Waals surface area contributed by atoms with Crippen LogP contribution >= 0.6 is 0 Å². The van der Waals surface area contributed by atoms with Crippen molar-refractivity contribution in [2.45, 2.75) is 52.9 Å². The molecule has 1 saturated heterocycles. The van der Waals surface area contributed by atoms with Crippen molar-refractivity contribution in [1.82, 2.24) is 4.90 Å². The second kappa shape index (κ2) is 8.10. The smallest absolute Gasteiger partial charge is 0.00160 e. The minimum atomic E-state index is 0.813. The molecule has 0 spiro atoms. The third-order valence-electron chi connectivity index (χ3n) is 4.41. The minimum absolute atomic E-state index is 0.813. The van der Waals surface area contributed by atoms with Crippen LogP contribution in [0, 0.1) is 17.8 Å². The lowest BCUT2D eigenvalue weighted by Crippen LogP contribution is -2.35. The second-order valence-corrected chi connectivity index (χ2v) is 6.25. The van der Waals surface area contributed by atoms with Crippen molar-refractivity contribution in [3.63, 3.8) is 0 Å². The lowest BCUT2D eigenvalue weighted by molar-refractivity contribution is 0.154. The molecule has 0 bridgehead atoms. The Kier molecular flexibility index (Phi) is 7.14. The van der Waals surface area contributed by atoms with E-state index in [1.807, 2.05) is 0 Å². The number of hydrogen-bond donors (Lipinski definition) is 1. The summed E-state index contributed by atoms with van der Waals surface area (Å²) in [6.07, 6.45) is 6.72. The molecule has 2 N–H and O–H groups in total. The highest BCUT2D eigenvalue weighted by molar-refractivity contribution is 4.74. The van der Waals surface area contributed by atoms with Gasteiger partial charge in [0.05, 0.1) is 0 Å². The number of nitrogens with two attached hydrogens (primary N) is 1. The van der Waals surface area contributed by atoms with Gasteiger partial charge in [0.2, 0.25) is 0 Å². The first-order valence-electron chi connectivity index (χ1n) is 7.56. The van der Waals surface area contributed by atoms with Crippen molar-refractivity contribution >= 4 is 0 Å². The maximum atomic E-state index is 5.58. The fraction of sp³-hybridized carbons (Fsp3) is 1.00. The first kappa shape index (κ1) is 15.0. The molecule has 0 amide bonds. The van der Waals surface area contributed by atoms with E-state index >= 15 is 0 Å². The molecule has 0 radical (unpaired) electrons. The highest BCUT2D eigenvalue weighted by Crippen LogP contribution is 2.24. The largest absolute Gasteiger partial charge is 0.330 e. The summed E-state index contributed by atoms with van der Waals surface area (Å²) in [7, 11) is 0. The summed E-state index contributed by atoms with van der Waals surface area (Å²) in [5.74, 6) is 2.66. The van der Waals surface area contributed by atoms with Crippen molar-refractivity contribution in [1.29, 1.82) is 0 Å². The van der Waals surface area contributed by atoms with Crippen molar-refractivity contribution in [3.05, 3.63) is 0 Å². The van der Waals surface area contributed by atoms with Crippen LogP contribution < -0.4 is 5.73 Å². The molecular weight excluding hydrogens is 208 g/mol. The Morgan fingerprint density at radius 2 is 1.76 bits per heavy atom. The lowest BCUT2D eigenvalue weighted by atomic mass is 9.86. The molecule has 0 aromatic heterocycles. The zero-order valence-electron chi connectivity index (χ0n) is 12.1. The van der Waals surface area contributed by atoms with Gasteiger partial charge >= 0.3 is 0 Å². The third kappa shape index (κ3) is 5.87. The number of piperidine rings is 1. The summed E-state index contributed by atoms with van der Waals surface area (Å²) in [6, 6.07) is 0. The third-order valence-corrected chi connectivity index (χ3v) is 4.41. The van der Waals surface area contributed by atoms with E-state index in [1.54, 1.807) is 0 Å². The van der Waals surface area contributed by atoms with E-state index < -0.39 is 0 Å². The highest BCUT2D eigenvalue weighted by atomic mass is 15.1. The lowest BCUT2D eigenvalue weighted by Gasteiger charge is -2.34. The number of rotatable bonds is 7. The molecule has 1 unspecified atom stereocenters. The molecule has 0 saturated carbocycles. The molecule has 1 heterocycles. The molecule has 1 fully saturated rings. The van der Waals surface area contributed by atoms with E-state index in [9.17, 15) is 0 Å². The average Bonchev–Trinajstić information content (AvgIpc) is 2.30. The summed E-state index contributed by atoms with van der Waals surface area (Å²) in [5.41, 5.74) is 5.58. The zero-order valence-corrected chi connectivity index (χ0v) is 12.1. The molecular formula is C15H32N2. The molecule has 1 aliphatic heterocycles. The van der Waals surface area contributed by atoms with E-state index in [2.05, 4.69) is 25.7 Å². The first-order chi connectivity index (χ1) is 8.13. The standard InChI is InChI=1S/C15H32N2/c1-13(2)15-7-11-17(12-8-15)10-4-5-14(3)6-9-16/h13-15H,4-12,16H2,1-3H3. The Labute approximate surface area is 108 Å². The van der Waals surface area contributed by atoms with Crippen molar-refractivity contribution in [2.24, 2.45) is 23.5 Å². The Morgan fingerprint density at radius 3 is 2.29 bits per heavy atom. The molecule has 102 valence electrons. The van der Waals surface area contributed by atoms with E-state index in [1.165, 1.54) is 51.7 Å². The van der Waals surface area contributed by atoms with Gasteiger partial charge in [0.25, 0.3) is 0 Å². The Balaban J connectivity index is 2.06. The Hall–Kier alpha value is -0.0800. The summed E-state index contributed by atoms with van der Waals surface area (Å²) in [4.78, 5) is 2.66. The molecule has 1 rings (SSSR count). The van der Waals surface area contributed by atoms with Gasteiger partial charge in [-0.15, -0.1) is 0 Å². The fourth-order valence-corrected chi connectivity index (χ4v) is 2.94. The maximum absolute atomic E-state index is 5.58. The zero-order chi connectivity index (χ0) is 12.7. The fourth-order valence-electron chi connectivity index (χ4n) is 2.94. The van der Waals surface area contributed by atoms with Crippen LogP contribution in [-0.2, 0) is 0 Å². The summed E-state index contributed by atoms with van der Waals surface area (Å²) in [5, 5.41) is 0. The van der Waals surface area contributed by atoms with Crippen LogP contribution in [0.15, 0.2) is 0 Å². The minimum Gasteiger partial charge on any atom is -0.330 e. The average molecular weight is 240 g/mol. The molecule has 1 aliphatic rings. The van der Waals surface area contributed by atoms with E-state index in [4.69, 9.17) is 5.73 Å². The normalized spacial score (nSPS) is 21.0. The van der Waals surface area contributed by atoms with Gasteiger partial charge in [-0.1, -0.05) is 20.8 Å².